The van der Waals surface area contributed by atoms with Crippen LogP contribution in [0.2, 0.25) is 5.02 Å². The maximum absolute atomic E-state index is 12.8. The molecule has 0 spiro atoms. The quantitative estimate of drug-likeness (QED) is 0.740. The van der Waals surface area contributed by atoms with Crippen molar-refractivity contribution in [2.24, 2.45) is 0 Å². The lowest BCUT2D eigenvalue weighted by Crippen LogP contribution is -2.47. The van der Waals surface area contributed by atoms with Crippen LogP contribution in [0.15, 0.2) is 48.5 Å². The SMILES string of the molecule is C[C@@H]1CCC[C@@H](C)N1C(=O)c1ccc(OCc2ccccc2Cl)cc1. The first-order valence-corrected chi connectivity index (χ1v) is 9.23. The Kier molecular flexibility index (Phi) is 5.64. The van der Waals surface area contributed by atoms with Crippen molar-refractivity contribution in [3.8, 4) is 5.75 Å². The lowest BCUT2D eigenvalue weighted by Gasteiger charge is -2.39. The number of ether oxygens (including phenoxy) is 1. The topological polar surface area (TPSA) is 29.5 Å². The molecule has 0 aromatic heterocycles. The van der Waals surface area contributed by atoms with Crippen molar-refractivity contribution in [1.82, 2.24) is 4.90 Å². The summed E-state index contributed by atoms with van der Waals surface area (Å²) < 4.78 is 5.79. The summed E-state index contributed by atoms with van der Waals surface area (Å²) in [5.74, 6) is 0.841. The van der Waals surface area contributed by atoms with E-state index in [-0.39, 0.29) is 5.91 Å². The molecular formula is C21H24ClNO2. The Labute approximate surface area is 154 Å². The molecule has 1 amide bonds. The normalized spacial score (nSPS) is 20.4. The van der Waals surface area contributed by atoms with Gasteiger partial charge in [-0.25, -0.2) is 0 Å². The number of hydrogen-bond donors (Lipinski definition) is 0. The molecule has 0 radical (unpaired) electrons. The Hall–Kier alpha value is -2.00. The number of carbonyl (C=O) groups is 1. The van der Waals surface area contributed by atoms with Crippen LogP contribution in [0.1, 0.15) is 49.0 Å². The lowest BCUT2D eigenvalue weighted by molar-refractivity contribution is 0.0510. The van der Waals surface area contributed by atoms with Crippen molar-refractivity contribution >= 4 is 17.5 Å². The van der Waals surface area contributed by atoms with Crippen molar-refractivity contribution in [2.75, 3.05) is 0 Å². The second kappa shape index (κ2) is 7.92. The highest BCUT2D eigenvalue weighted by Crippen LogP contribution is 2.25. The van der Waals surface area contributed by atoms with Crippen LogP contribution in [0, 0.1) is 0 Å². The second-order valence-corrected chi connectivity index (χ2v) is 7.15. The van der Waals surface area contributed by atoms with Crippen LogP contribution in [-0.2, 0) is 6.61 Å². The van der Waals surface area contributed by atoms with Crippen LogP contribution in [0.4, 0.5) is 0 Å². The molecule has 0 N–H and O–H groups in total. The summed E-state index contributed by atoms with van der Waals surface area (Å²) in [5, 5.41) is 0.697. The summed E-state index contributed by atoms with van der Waals surface area (Å²) in [7, 11) is 0. The molecule has 0 saturated carbocycles. The van der Waals surface area contributed by atoms with Crippen LogP contribution in [0.25, 0.3) is 0 Å². The molecule has 25 heavy (non-hydrogen) atoms. The number of hydrogen-bond acceptors (Lipinski definition) is 2. The van der Waals surface area contributed by atoms with E-state index < -0.39 is 0 Å². The number of nitrogens with zero attached hydrogens (tertiary/aromatic N) is 1. The number of benzene rings is 2. The van der Waals surface area contributed by atoms with Gasteiger partial charge in [0.2, 0.25) is 0 Å². The minimum atomic E-state index is 0.109. The summed E-state index contributed by atoms with van der Waals surface area (Å²) in [4.78, 5) is 14.8. The Balaban J connectivity index is 1.65. The Morgan fingerprint density at radius 3 is 2.36 bits per heavy atom. The molecule has 132 valence electrons. The average molecular weight is 358 g/mol. The molecule has 1 fully saturated rings. The predicted octanol–water partition coefficient (Wildman–Crippen LogP) is 5.32. The summed E-state index contributed by atoms with van der Waals surface area (Å²) in [6.45, 7) is 4.68. The minimum Gasteiger partial charge on any atom is -0.489 e. The summed E-state index contributed by atoms with van der Waals surface area (Å²) in [6.07, 6.45) is 3.35. The van der Waals surface area contributed by atoms with Crippen molar-refractivity contribution in [3.05, 3.63) is 64.7 Å². The van der Waals surface area contributed by atoms with Gasteiger partial charge in [0.15, 0.2) is 0 Å². The first-order valence-electron chi connectivity index (χ1n) is 8.85. The number of amides is 1. The van der Waals surface area contributed by atoms with E-state index in [4.69, 9.17) is 16.3 Å². The maximum atomic E-state index is 12.8. The first-order chi connectivity index (χ1) is 12.1. The molecule has 2 atom stereocenters. The Bertz CT molecular complexity index is 719. The molecule has 0 unspecified atom stereocenters. The van der Waals surface area contributed by atoms with Gasteiger partial charge in [-0.2, -0.15) is 0 Å². The lowest BCUT2D eigenvalue weighted by atomic mass is 9.96. The molecule has 1 aliphatic heterocycles. The maximum Gasteiger partial charge on any atom is 0.254 e. The zero-order valence-corrected chi connectivity index (χ0v) is 15.5. The molecule has 1 heterocycles. The van der Waals surface area contributed by atoms with Gasteiger partial charge < -0.3 is 9.64 Å². The van der Waals surface area contributed by atoms with E-state index in [9.17, 15) is 4.79 Å². The van der Waals surface area contributed by atoms with Crippen molar-refractivity contribution < 1.29 is 9.53 Å². The molecule has 0 aliphatic carbocycles. The zero-order valence-electron chi connectivity index (χ0n) is 14.7. The molecular weight excluding hydrogens is 334 g/mol. The van der Waals surface area contributed by atoms with Crippen molar-refractivity contribution in [2.45, 2.75) is 51.8 Å². The fraction of sp³-hybridized carbons (Fsp3) is 0.381. The standard InChI is InChI=1S/C21H24ClNO2/c1-15-6-5-7-16(2)23(15)21(24)17-10-12-19(13-11-17)25-14-18-8-3-4-9-20(18)22/h3-4,8-13,15-16H,5-7,14H2,1-2H3/t15-,16-/m1/s1. The third kappa shape index (κ3) is 4.16. The fourth-order valence-electron chi connectivity index (χ4n) is 3.44. The van der Waals surface area contributed by atoms with Gasteiger partial charge in [0.25, 0.3) is 5.91 Å². The molecule has 2 aromatic rings. The van der Waals surface area contributed by atoms with Crippen molar-refractivity contribution in [1.29, 1.82) is 0 Å². The molecule has 3 nitrogen and oxygen atoms in total. The number of piperidine rings is 1. The van der Waals surface area contributed by atoms with E-state index in [1.165, 1.54) is 6.42 Å². The van der Waals surface area contributed by atoms with Crippen molar-refractivity contribution in [3.63, 3.8) is 0 Å². The van der Waals surface area contributed by atoms with Gasteiger partial charge in [-0.15, -0.1) is 0 Å². The second-order valence-electron chi connectivity index (χ2n) is 6.75. The summed E-state index contributed by atoms with van der Waals surface area (Å²) >= 11 is 6.14. The van der Waals surface area contributed by atoms with Crippen LogP contribution in [-0.4, -0.2) is 22.9 Å². The third-order valence-electron chi connectivity index (χ3n) is 4.88. The summed E-state index contributed by atoms with van der Waals surface area (Å²) in [6, 6.07) is 15.6. The van der Waals surface area contributed by atoms with Gasteiger partial charge in [-0.05, 0) is 63.4 Å². The van der Waals surface area contributed by atoms with E-state index in [2.05, 4.69) is 13.8 Å². The van der Waals surface area contributed by atoms with Gasteiger partial charge in [0, 0.05) is 28.2 Å². The van der Waals surface area contributed by atoms with E-state index in [1.807, 2.05) is 53.4 Å². The van der Waals surface area contributed by atoms with Gasteiger partial charge in [-0.3, -0.25) is 4.79 Å². The predicted molar refractivity (Wildman–Crippen MR) is 101 cm³/mol. The van der Waals surface area contributed by atoms with E-state index in [0.29, 0.717) is 29.3 Å². The molecule has 0 bridgehead atoms. The molecule has 1 saturated heterocycles. The minimum absolute atomic E-state index is 0.109. The summed E-state index contributed by atoms with van der Waals surface area (Å²) in [5.41, 5.74) is 1.66. The highest BCUT2D eigenvalue weighted by atomic mass is 35.5. The van der Waals surface area contributed by atoms with Gasteiger partial charge in [0.1, 0.15) is 12.4 Å². The average Bonchev–Trinajstić information content (AvgIpc) is 2.61. The number of carbonyl (C=O) groups excluding carboxylic acids is 1. The van der Waals surface area contributed by atoms with Gasteiger partial charge in [0.05, 0.1) is 0 Å². The van der Waals surface area contributed by atoms with Crippen LogP contribution in [0.5, 0.6) is 5.75 Å². The van der Waals surface area contributed by atoms with Gasteiger partial charge in [-0.1, -0.05) is 29.8 Å². The molecule has 2 aromatic carbocycles. The van der Waals surface area contributed by atoms with Crippen LogP contribution in [0.3, 0.4) is 0 Å². The fourth-order valence-corrected chi connectivity index (χ4v) is 3.63. The number of rotatable bonds is 4. The molecule has 1 aliphatic rings. The highest BCUT2D eigenvalue weighted by Gasteiger charge is 2.29. The van der Waals surface area contributed by atoms with Gasteiger partial charge >= 0.3 is 0 Å². The van der Waals surface area contributed by atoms with Crippen LogP contribution >= 0.6 is 11.6 Å². The highest BCUT2D eigenvalue weighted by molar-refractivity contribution is 6.31. The molecule has 3 rings (SSSR count). The largest absolute Gasteiger partial charge is 0.489 e. The smallest absolute Gasteiger partial charge is 0.254 e. The first kappa shape index (κ1) is 17.8. The van der Waals surface area contributed by atoms with E-state index in [1.54, 1.807) is 0 Å². The third-order valence-corrected chi connectivity index (χ3v) is 5.25. The monoisotopic (exact) mass is 357 g/mol. The number of halogens is 1. The van der Waals surface area contributed by atoms with E-state index in [0.717, 1.165) is 24.2 Å². The Morgan fingerprint density at radius 2 is 1.72 bits per heavy atom. The Morgan fingerprint density at radius 1 is 1.08 bits per heavy atom. The number of likely N-dealkylation sites (tertiary alicyclic amines) is 1. The molecule has 4 heteroatoms. The zero-order chi connectivity index (χ0) is 17.8. The van der Waals surface area contributed by atoms with Crippen LogP contribution < -0.4 is 4.74 Å². The van der Waals surface area contributed by atoms with E-state index >= 15 is 0 Å².